The molecule has 34 heavy (non-hydrogen) atoms. The summed E-state index contributed by atoms with van der Waals surface area (Å²) >= 11 is 0. The van der Waals surface area contributed by atoms with Gasteiger partial charge in [-0.25, -0.2) is 9.78 Å². The average molecular weight is 465 g/mol. The van der Waals surface area contributed by atoms with E-state index in [-0.39, 0.29) is 5.91 Å². The number of allylic oxidation sites excluding steroid dienone is 5. The second-order valence-corrected chi connectivity index (χ2v) is 8.19. The first-order chi connectivity index (χ1) is 16.4. The quantitative estimate of drug-likeness (QED) is 0.386. The van der Waals surface area contributed by atoms with Crippen molar-refractivity contribution < 1.29 is 23.8 Å². The number of amides is 1. The molecule has 1 aromatic carbocycles. The van der Waals surface area contributed by atoms with Gasteiger partial charge in [0, 0.05) is 24.6 Å². The molecule has 2 aromatic rings. The Bertz CT molecular complexity index is 1100. The molecule has 0 spiro atoms. The van der Waals surface area contributed by atoms with Gasteiger partial charge in [-0.2, -0.15) is 0 Å². The summed E-state index contributed by atoms with van der Waals surface area (Å²) in [5, 5.41) is 9.90. The number of unbranched alkanes of at least 4 members (excludes halogenated alkanes) is 1. The zero-order valence-corrected chi connectivity index (χ0v) is 20.0. The summed E-state index contributed by atoms with van der Waals surface area (Å²) in [5.74, 6) is -0.207. The number of rotatable bonds is 10. The highest BCUT2D eigenvalue weighted by atomic mass is 16.5. The summed E-state index contributed by atoms with van der Waals surface area (Å²) in [4.78, 5) is 30.6. The number of ether oxygens (including phenoxy) is 1. The number of carboxylic acids is 1. The molecule has 180 valence electrons. The fourth-order valence-corrected chi connectivity index (χ4v) is 3.86. The van der Waals surface area contributed by atoms with Crippen molar-refractivity contribution in [1.82, 2.24) is 9.88 Å². The Morgan fingerprint density at radius 1 is 1.32 bits per heavy atom. The number of aromatic nitrogens is 1. The van der Waals surface area contributed by atoms with Crippen molar-refractivity contribution in [1.29, 1.82) is 0 Å². The van der Waals surface area contributed by atoms with Gasteiger partial charge >= 0.3 is 5.97 Å². The Labute approximate surface area is 200 Å². The van der Waals surface area contributed by atoms with E-state index >= 15 is 0 Å². The molecule has 1 aromatic heterocycles. The number of carbonyl (C=O) groups is 2. The van der Waals surface area contributed by atoms with Crippen molar-refractivity contribution in [2.75, 3.05) is 13.2 Å². The Hall–Kier alpha value is -3.61. The molecule has 1 amide bonds. The van der Waals surface area contributed by atoms with Crippen LogP contribution in [0.25, 0.3) is 5.57 Å². The number of hydrogen-bond acceptors (Lipinski definition) is 5. The first-order valence-electron chi connectivity index (χ1n) is 11.6. The summed E-state index contributed by atoms with van der Waals surface area (Å²) in [6.07, 6.45) is 13.5. The van der Waals surface area contributed by atoms with Crippen LogP contribution in [0, 0.1) is 0 Å². The van der Waals surface area contributed by atoms with E-state index in [0.29, 0.717) is 43.2 Å². The van der Waals surface area contributed by atoms with E-state index in [2.05, 4.69) is 18.0 Å². The van der Waals surface area contributed by atoms with Gasteiger partial charge in [-0.1, -0.05) is 43.7 Å². The molecule has 0 fully saturated rings. The third-order valence-corrected chi connectivity index (χ3v) is 5.66. The van der Waals surface area contributed by atoms with Gasteiger partial charge in [-0.15, -0.1) is 0 Å². The highest BCUT2D eigenvalue weighted by Gasteiger charge is 2.35. The van der Waals surface area contributed by atoms with Gasteiger partial charge in [0.25, 0.3) is 0 Å². The van der Waals surface area contributed by atoms with Crippen LogP contribution in [-0.4, -0.2) is 40.0 Å². The highest BCUT2D eigenvalue weighted by molar-refractivity contribution is 5.92. The number of nitrogens with zero attached hydrogens (tertiary/aromatic N) is 2. The first-order valence-corrected chi connectivity index (χ1v) is 11.6. The average Bonchev–Trinajstić information content (AvgIpc) is 3.30. The normalized spacial score (nSPS) is 16.3. The van der Waals surface area contributed by atoms with Crippen molar-refractivity contribution in [3.05, 3.63) is 77.6 Å². The lowest BCUT2D eigenvalue weighted by Crippen LogP contribution is -2.42. The monoisotopic (exact) mass is 464 g/mol. The first kappa shape index (κ1) is 25.0. The molecule has 0 saturated heterocycles. The smallest absolute Gasteiger partial charge is 0.331 e. The molecule has 7 nitrogen and oxygen atoms in total. The third-order valence-electron chi connectivity index (χ3n) is 5.66. The molecule has 0 aliphatic carbocycles. The van der Waals surface area contributed by atoms with E-state index < -0.39 is 12.0 Å². The molecule has 0 radical (unpaired) electrons. The van der Waals surface area contributed by atoms with Crippen LogP contribution in [0.3, 0.4) is 0 Å². The summed E-state index contributed by atoms with van der Waals surface area (Å²) in [6.45, 7) is 6.68. The van der Waals surface area contributed by atoms with E-state index in [0.717, 1.165) is 29.7 Å². The van der Waals surface area contributed by atoms with Crippen LogP contribution in [0.15, 0.2) is 59.3 Å². The largest absolute Gasteiger partial charge is 0.493 e. The maximum atomic E-state index is 12.6. The molecule has 0 bridgehead atoms. The van der Waals surface area contributed by atoms with Gasteiger partial charge in [-0.3, -0.25) is 4.79 Å². The lowest BCUT2D eigenvalue weighted by atomic mass is 9.92. The fraction of sp³-hybridized carbons (Fsp3) is 0.370. The number of carboxylic acid groups (broad SMARTS) is 1. The minimum atomic E-state index is -1.06. The van der Waals surface area contributed by atoms with Gasteiger partial charge < -0.3 is 19.2 Å². The lowest BCUT2D eigenvalue weighted by molar-refractivity contribution is -0.149. The Morgan fingerprint density at radius 3 is 2.88 bits per heavy atom. The molecule has 2 heterocycles. The summed E-state index contributed by atoms with van der Waals surface area (Å²) in [7, 11) is 0. The molecule has 1 aliphatic rings. The van der Waals surface area contributed by atoms with Crippen molar-refractivity contribution in [3.8, 4) is 5.75 Å². The van der Waals surface area contributed by atoms with Gasteiger partial charge in [0.15, 0.2) is 6.04 Å². The number of hydrogen-bond donors (Lipinski definition) is 1. The Kier molecular flexibility index (Phi) is 8.85. The van der Waals surface area contributed by atoms with Gasteiger partial charge in [0.1, 0.15) is 12.0 Å². The molecule has 1 unspecified atom stereocenters. The molecule has 7 heteroatoms. The van der Waals surface area contributed by atoms with Crippen LogP contribution in [-0.2, 0) is 22.4 Å². The minimum absolute atomic E-state index is 0.326. The van der Waals surface area contributed by atoms with Crippen molar-refractivity contribution in [2.24, 2.45) is 0 Å². The summed E-state index contributed by atoms with van der Waals surface area (Å²) in [5.41, 5.74) is 3.31. The SMILES string of the molecule is CC=CC=CC(=O)N1CCc2ccc(OCCc3coc(C(C)=CCCC)n3)cc2C1C(=O)O. The summed E-state index contributed by atoms with van der Waals surface area (Å²) in [6, 6.07) is 4.40. The number of carbonyl (C=O) groups excluding carboxylic acids is 1. The van der Waals surface area contributed by atoms with Gasteiger partial charge in [0.05, 0.1) is 12.3 Å². The maximum Gasteiger partial charge on any atom is 0.331 e. The fourth-order valence-electron chi connectivity index (χ4n) is 3.86. The highest BCUT2D eigenvalue weighted by Crippen LogP contribution is 2.33. The molecule has 1 N–H and O–H groups in total. The van der Waals surface area contributed by atoms with Crippen LogP contribution in [0.1, 0.15) is 62.4 Å². The van der Waals surface area contributed by atoms with Crippen LogP contribution < -0.4 is 4.74 Å². The standard InChI is InChI=1S/C27H32N2O5/c1-4-6-8-10-24(30)29-15-13-20-11-12-22(17-23(20)25(29)27(31)32)33-16-14-21-18-34-26(28-21)19(3)9-7-5-2/h4,6,8-12,17-18,25H,5,7,13-16H2,1-3H3,(H,31,32). The third kappa shape index (κ3) is 6.25. The van der Waals surface area contributed by atoms with Crippen molar-refractivity contribution >= 4 is 17.4 Å². The van der Waals surface area contributed by atoms with Crippen LogP contribution in [0.4, 0.5) is 0 Å². The molecule has 0 saturated carbocycles. The van der Waals surface area contributed by atoms with Crippen molar-refractivity contribution in [2.45, 2.75) is 52.5 Å². The number of benzene rings is 1. The topological polar surface area (TPSA) is 92.9 Å². The second kappa shape index (κ2) is 12.0. The van der Waals surface area contributed by atoms with Crippen LogP contribution in [0.5, 0.6) is 5.75 Å². The zero-order chi connectivity index (χ0) is 24.5. The Morgan fingerprint density at radius 2 is 2.15 bits per heavy atom. The number of oxazole rings is 1. The molecule has 3 rings (SSSR count). The van der Waals surface area contributed by atoms with Gasteiger partial charge in [-0.05, 0) is 49.9 Å². The number of aliphatic carboxylic acids is 1. The van der Waals surface area contributed by atoms with Crippen LogP contribution in [0.2, 0.25) is 0 Å². The second-order valence-electron chi connectivity index (χ2n) is 8.19. The maximum absolute atomic E-state index is 12.6. The van der Waals surface area contributed by atoms with E-state index in [4.69, 9.17) is 9.15 Å². The van der Waals surface area contributed by atoms with E-state index in [1.54, 1.807) is 30.6 Å². The minimum Gasteiger partial charge on any atom is -0.493 e. The van der Waals surface area contributed by atoms with Gasteiger partial charge in [0.2, 0.25) is 11.8 Å². The van der Waals surface area contributed by atoms with Crippen LogP contribution >= 0.6 is 0 Å². The summed E-state index contributed by atoms with van der Waals surface area (Å²) < 4.78 is 11.5. The van der Waals surface area contributed by atoms with E-state index in [9.17, 15) is 14.7 Å². The lowest BCUT2D eigenvalue weighted by Gasteiger charge is -2.34. The predicted octanol–water partition coefficient (Wildman–Crippen LogP) is 5.14. The molecular weight excluding hydrogens is 432 g/mol. The number of fused-ring (bicyclic) bond motifs is 1. The van der Waals surface area contributed by atoms with E-state index in [1.165, 1.54) is 11.0 Å². The zero-order valence-electron chi connectivity index (χ0n) is 20.0. The molecule has 1 aliphatic heterocycles. The molecular formula is C27H32N2O5. The van der Waals surface area contributed by atoms with E-state index in [1.807, 2.05) is 26.0 Å². The molecule has 1 atom stereocenters. The predicted molar refractivity (Wildman–Crippen MR) is 130 cm³/mol. The Balaban J connectivity index is 1.68. The van der Waals surface area contributed by atoms with Crippen molar-refractivity contribution in [3.63, 3.8) is 0 Å².